The van der Waals surface area contributed by atoms with Gasteiger partial charge < -0.3 is 5.11 Å². The van der Waals surface area contributed by atoms with E-state index in [1.807, 2.05) is 91.5 Å². The number of benzene rings is 4. The lowest BCUT2D eigenvalue weighted by atomic mass is 9.89. The first-order valence-corrected chi connectivity index (χ1v) is 10.9. The van der Waals surface area contributed by atoms with Gasteiger partial charge >= 0.3 is 0 Å². The summed E-state index contributed by atoms with van der Waals surface area (Å²) in [5, 5.41) is 10.9. The van der Waals surface area contributed by atoms with Gasteiger partial charge in [0.15, 0.2) is 0 Å². The number of aryl methyl sites for hydroxylation is 2. The minimum atomic E-state index is -0.542. The molecule has 3 heteroatoms. The summed E-state index contributed by atoms with van der Waals surface area (Å²) >= 11 is 0. The summed E-state index contributed by atoms with van der Waals surface area (Å²) in [5.74, 6) is -0.370. The van der Waals surface area contributed by atoms with Crippen molar-refractivity contribution < 1.29 is 9.90 Å². The van der Waals surface area contributed by atoms with Crippen LogP contribution < -0.4 is 4.90 Å². The van der Waals surface area contributed by atoms with Gasteiger partial charge in [0.05, 0.1) is 12.0 Å². The number of carbonyl (C=O) groups excluding carboxylic acids is 1. The zero-order chi connectivity index (χ0) is 22.2. The van der Waals surface area contributed by atoms with Gasteiger partial charge in [-0.3, -0.25) is 9.69 Å². The zero-order valence-electron chi connectivity index (χ0n) is 18.2. The van der Waals surface area contributed by atoms with E-state index in [0.717, 1.165) is 33.5 Å². The fraction of sp³-hybridized carbons (Fsp3) is 0.138. The highest BCUT2D eigenvalue weighted by molar-refractivity contribution is 6.08. The van der Waals surface area contributed by atoms with Crippen molar-refractivity contribution in [1.82, 2.24) is 0 Å². The summed E-state index contributed by atoms with van der Waals surface area (Å²) in [5.41, 5.74) is 6.39. The third kappa shape index (κ3) is 3.27. The number of fused-ring (bicyclic) bond motifs is 1. The van der Waals surface area contributed by atoms with Gasteiger partial charge in [-0.25, -0.2) is 0 Å². The van der Waals surface area contributed by atoms with Crippen LogP contribution in [-0.4, -0.2) is 11.0 Å². The van der Waals surface area contributed by atoms with Crippen molar-refractivity contribution in [2.75, 3.05) is 4.90 Å². The minimum Gasteiger partial charge on any atom is -0.507 e. The molecule has 1 aliphatic rings. The number of carbonyl (C=O) groups is 1. The molecule has 1 aliphatic heterocycles. The lowest BCUT2D eigenvalue weighted by Crippen LogP contribution is -2.34. The van der Waals surface area contributed by atoms with Crippen LogP contribution in [0.3, 0.4) is 0 Å². The van der Waals surface area contributed by atoms with Crippen molar-refractivity contribution >= 4 is 11.6 Å². The van der Waals surface area contributed by atoms with Crippen LogP contribution in [-0.2, 0) is 4.79 Å². The van der Waals surface area contributed by atoms with Gasteiger partial charge in [-0.05, 0) is 42.2 Å². The van der Waals surface area contributed by atoms with Crippen molar-refractivity contribution in [1.29, 1.82) is 0 Å². The average Bonchev–Trinajstić information content (AvgIpc) is 3.10. The van der Waals surface area contributed by atoms with E-state index >= 15 is 0 Å². The molecule has 0 saturated carbocycles. The quantitative estimate of drug-likeness (QED) is 0.423. The molecule has 1 atom stereocenters. The largest absolute Gasteiger partial charge is 0.507 e. The molecular weight excluding hydrogens is 394 g/mol. The van der Waals surface area contributed by atoms with E-state index in [9.17, 15) is 9.90 Å². The van der Waals surface area contributed by atoms with Gasteiger partial charge in [0, 0.05) is 11.3 Å². The maximum atomic E-state index is 14.1. The standard InChI is InChI=1S/C29H25NO2/c1-19-17-20(2)28(31)24(18-19)26-23-15-9-10-16-25(23)30(29(26)32)27(21-11-5-3-6-12-21)22-13-7-4-8-14-22/h3-18,26-27,31H,1-2H3. The van der Waals surface area contributed by atoms with Gasteiger partial charge in [-0.1, -0.05) is 96.6 Å². The van der Waals surface area contributed by atoms with Crippen molar-refractivity contribution in [3.05, 3.63) is 130 Å². The van der Waals surface area contributed by atoms with Crippen molar-refractivity contribution in [3.8, 4) is 5.75 Å². The molecule has 1 amide bonds. The molecular formula is C29H25NO2. The monoisotopic (exact) mass is 419 g/mol. The van der Waals surface area contributed by atoms with Crippen LogP contribution in [0.25, 0.3) is 0 Å². The molecule has 4 aromatic carbocycles. The average molecular weight is 420 g/mol. The number of phenols is 1. The van der Waals surface area contributed by atoms with Crippen LogP contribution in [0, 0.1) is 13.8 Å². The van der Waals surface area contributed by atoms with E-state index in [1.54, 1.807) is 0 Å². The Kier molecular flexibility index (Phi) is 5.02. The number of phenolic OH excluding ortho intramolecular Hbond substituents is 1. The molecule has 0 radical (unpaired) electrons. The predicted molar refractivity (Wildman–Crippen MR) is 128 cm³/mol. The number of anilines is 1. The van der Waals surface area contributed by atoms with Gasteiger partial charge in [-0.15, -0.1) is 0 Å². The van der Waals surface area contributed by atoms with Crippen molar-refractivity contribution in [2.24, 2.45) is 0 Å². The maximum absolute atomic E-state index is 14.1. The first kappa shape index (κ1) is 20.1. The molecule has 5 rings (SSSR count). The molecule has 0 aromatic heterocycles. The van der Waals surface area contributed by atoms with Crippen LogP contribution in [0.2, 0.25) is 0 Å². The van der Waals surface area contributed by atoms with E-state index in [2.05, 4.69) is 24.3 Å². The Bertz CT molecular complexity index is 1240. The molecule has 0 saturated heterocycles. The Morgan fingerprint density at radius 2 is 1.31 bits per heavy atom. The third-order valence-electron chi connectivity index (χ3n) is 6.27. The normalized spacial score (nSPS) is 15.3. The molecule has 0 bridgehead atoms. The number of amides is 1. The van der Waals surface area contributed by atoms with Gasteiger partial charge in [0.25, 0.3) is 0 Å². The second-order valence-corrected chi connectivity index (χ2v) is 8.44. The van der Waals surface area contributed by atoms with E-state index < -0.39 is 5.92 Å². The summed E-state index contributed by atoms with van der Waals surface area (Å²) in [6.45, 7) is 3.88. The van der Waals surface area contributed by atoms with Crippen LogP contribution >= 0.6 is 0 Å². The summed E-state index contributed by atoms with van der Waals surface area (Å²) in [6.07, 6.45) is 0. The summed E-state index contributed by atoms with van der Waals surface area (Å²) < 4.78 is 0. The second kappa shape index (κ2) is 8.01. The van der Waals surface area contributed by atoms with Gasteiger partial charge in [-0.2, -0.15) is 0 Å². The smallest absolute Gasteiger partial charge is 0.240 e. The number of nitrogens with zero attached hydrogens (tertiary/aromatic N) is 1. The maximum Gasteiger partial charge on any atom is 0.240 e. The van der Waals surface area contributed by atoms with E-state index in [-0.39, 0.29) is 17.7 Å². The highest BCUT2D eigenvalue weighted by Crippen LogP contribution is 2.48. The number of aromatic hydroxyl groups is 1. The topological polar surface area (TPSA) is 40.5 Å². The highest BCUT2D eigenvalue weighted by Gasteiger charge is 2.43. The Balaban J connectivity index is 1.72. The summed E-state index contributed by atoms with van der Waals surface area (Å²) in [6, 6.07) is 31.8. The van der Waals surface area contributed by atoms with E-state index in [1.165, 1.54) is 0 Å². The van der Waals surface area contributed by atoms with Crippen molar-refractivity contribution in [3.63, 3.8) is 0 Å². The Morgan fingerprint density at radius 1 is 0.750 bits per heavy atom. The first-order valence-electron chi connectivity index (χ1n) is 10.9. The van der Waals surface area contributed by atoms with Crippen LogP contribution in [0.4, 0.5) is 5.69 Å². The highest BCUT2D eigenvalue weighted by atomic mass is 16.3. The van der Waals surface area contributed by atoms with Gasteiger partial charge in [0.1, 0.15) is 5.75 Å². The molecule has 0 spiro atoms. The fourth-order valence-corrected chi connectivity index (χ4v) is 4.88. The lowest BCUT2D eigenvalue weighted by Gasteiger charge is -2.30. The molecule has 4 aromatic rings. The summed E-state index contributed by atoms with van der Waals surface area (Å²) in [7, 11) is 0. The number of hydrogen-bond donors (Lipinski definition) is 1. The first-order chi connectivity index (χ1) is 15.6. The number of para-hydroxylation sites is 1. The lowest BCUT2D eigenvalue weighted by molar-refractivity contribution is -0.118. The van der Waals surface area contributed by atoms with Crippen LogP contribution in [0.1, 0.15) is 45.3 Å². The molecule has 3 nitrogen and oxygen atoms in total. The van der Waals surface area contributed by atoms with E-state index in [0.29, 0.717) is 5.56 Å². The van der Waals surface area contributed by atoms with E-state index in [4.69, 9.17) is 0 Å². The third-order valence-corrected chi connectivity index (χ3v) is 6.27. The second-order valence-electron chi connectivity index (χ2n) is 8.44. The Hall–Kier alpha value is -3.85. The molecule has 158 valence electrons. The molecule has 1 heterocycles. The zero-order valence-corrected chi connectivity index (χ0v) is 18.2. The molecule has 0 aliphatic carbocycles. The molecule has 1 N–H and O–H groups in total. The van der Waals surface area contributed by atoms with Crippen molar-refractivity contribution in [2.45, 2.75) is 25.8 Å². The SMILES string of the molecule is Cc1cc(C)c(O)c(C2C(=O)N(C(c3ccccc3)c3ccccc3)c3ccccc32)c1. The molecule has 32 heavy (non-hydrogen) atoms. The molecule has 1 unspecified atom stereocenters. The summed E-state index contributed by atoms with van der Waals surface area (Å²) in [4.78, 5) is 16.0. The fourth-order valence-electron chi connectivity index (χ4n) is 4.88. The number of rotatable bonds is 4. The Morgan fingerprint density at radius 3 is 1.94 bits per heavy atom. The van der Waals surface area contributed by atoms with Gasteiger partial charge in [0.2, 0.25) is 5.91 Å². The van der Waals surface area contributed by atoms with Crippen LogP contribution in [0.5, 0.6) is 5.75 Å². The number of hydrogen-bond acceptors (Lipinski definition) is 2. The minimum absolute atomic E-state index is 0.0239. The Labute approximate surface area is 188 Å². The van der Waals surface area contributed by atoms with Crippen LogP contribution in [0.15, 0.2) is 97.1 Å². The predicted octanol–water partition coefficient (Wildman–Crippen LogP) is 6.28. The molecule has 0 fully saturated rings.